The summed E-state index contributed by atoms with van der Waals surface area (Å²) in [5.74, 6) is 0.108. The Bertz CT molecular complexity index is 602. The molecule has 0 radical (unpaired) electrons. The van der Waals surface area contributed by atoms with Gasteiger partial charge in [-0.1, -0.05) is 0 Å². The van der Waals surface area contributed by atoms with Crippen molar-refractivity contribution in [2.24, 2.45) is 5.73 Å². The number of nitrogens with two attached hydrogens (primary N) is 1. The Kier molecular flexibility index (Phi) is 6.65. The van der Waals surface area contributed by atoms with E-state index in [1.54, 1.807) is 24.3 Å². The van der Waals surface area contributed by atoms with E-state index in [9.17, 15) is 13.2 Å². The quantitative estimate of drug-likeness (QED) is 0.848. The fraction of sp³-hybridized carbons (Fsp3) is 0.500. The molecule has 0 aliphatic carbocycles. The summed E-state index contributed by atoms with van der Waals surface area (Å²) < 4.78 is 25.0. The first kappa shape index (κ1) is 18.7. The van der Waals surface area contributed by atoms with E-state index in [-0.39, 0.29) is 30.1 Å². The molecule has 1 fully saturated rings. The van der Waals surface area contributed by atoms with Crippen LogP contribution in [0.1, 0.15) is 26.2 Å². The van der Waals surface area contributed by atoms with Gasteiger partial charge in [-0.25, -0.2) is 8.42 Å². The Morgan fingerprint density at radius 3 is 2.50 bits per heavy atom. The molecule has 8 heteroatoms. The van der Waals surface area contributed by atoms with Gasteiger partial charge in [0.15, 0.2) is 0 Å². The summed E-state index contributed by atoms with van der Waals surface area (Å²) in [7, 11) is -3.16. The van der Waals surface area contributed by atoms with E-state index >= 15 is 0 Å². The first-order valence-corrected chi connectivity index (χ1v) is 8.65. The van der Waals surface area contributed by atoms with Crippen molar-refractivity contribution in [2.45, 2.75) is 32.2 Å². The molecule has 22 heavy (non-hydrogen) atoms. The van der Waals surface area contributed by atoms with Crippen LogP contribution in [0, 0.1) is 0 Å². The molecule has 0 spiro atoms. The van der Waals surface area contributed by atoms with Crippen LogP contribution in [0.3, 0.4) is 0 Å². The van der Waals surface area contributed by atoms with Gasteiger partial charge in [0, 0.05) is 24.7 Å². The number of hydrogen-bond acceptors (Lipinski definition) is 4. The molecule has 1 aromatic carbocycles. The van der Waals surface area contributed by atoms with Crippen molar-refractivity contribution in [2.75, 3.05) is 21.9 Å². The van der Waals surface area contributed by atoms with Crippen LogP contribution in [0.4, 0.5) is 11.4 Å². The maximum Gasteiger partial charge on any atom is 0.235 e. The highest BCUT2D eigenvalue weighted by atomic mass is 35.5. The minimum Gasteiger partial charge on any atom is -0.328 e. The van der Waals surface area contributed by atoms with Gasteiger partial charge >= 0.3 is 0 Å². The van der Waals surface area contributed by atoms with Crippen LogP contribution in [0.15, 0.2) is 24.3 Å². The number of hydrogen-bond donors (Lipinski definition) is 2. The second-order valence-corrected chi connectivity index (χ2v) is 7.37. The van der Waals surface area contributed by atoms with E-state index in [0.29, 0.717) is 37.2 Å². The summed E-state index contributed by atoms with van der Waals surface area (Å²) in [6.45, 7) is 2.38. The maximum atomic E-state index is 11.8. The number of halogens is 1. The zero-order valence-electron chi connectivity index (χ0n) is 12.5. The minimum atomic E-state index is -3.16. The molecule has 1 aromatic rings. The molecular formula is C14H22ClN3O3S. The van der Waals surface area contributed by atoms with E-state index in [1.165, 1.54) is 4.31 Å². The second kappa shape index (κ2) is 7.80. The average molecular weight is 348 g/mol. The van der Waals surface area contributed by atoms with Crippen LogP contribution in [0.5, 0.6) is 0 Å². The van der Waals surface area contributed by atoms with Gasteiger partial charge in [-0.3, -0.25) is 9.10 Å². The topological polar surface area (TPSA) is 92.5 Å². The SMILES string of the molecule is CC(N)CCC(=O)Nc1ccc(N2CCCS2(=O)=O)cc1.Cl. The molecule has 1 unspecified atom stereocenters. The van der Waals surface area contributed by atoms with Crippen LogP contribution < -0.4 is 15.4 Å². The molecule has 1 aliphatic rings. The minimum absolute atomic E-state index is 0. The largest absolute Gasteiger partial charge is 0.328 e. The number of carbonyl (C=O) groups excluding carboxylic acids is 1. The number of sulfonamides is 1. The van der Waals surface area contributed by atoms with Gasteiger partial charge in [0.2, 0.25) is 15.9 Å². The highest BCUT2D eigenvalue weighted by molar-refractivity contribution is 7.93. The molecule has 2 rings (SSSR count). The summed E-state index contributed by atoms with van der Waals surface area (Å²) in [5.41, 5.74) is 6.90. The van der Waals surface area contributed by atoms with Crippen LogP contribution >= 0.6 is 12.4 Å². The number of rotatable bonds is 5. The van der Waals surface area contributed by atoms with Crippen molar-refractivity contribution in [3.63, 3.8) is 0 Å². The van der Waals surface area contributed by atoms with E-state index in [2.05, 4.69) is 5.32 Å². The Hall–Kier alpha value is -1.31. The molecule has 124 valence electrons. The number of carbonyl (C=O) groups is 1. The Morgan fingerprint density at radius 1 is 1.36 bits per heavy atom. The summed E-state index contributed by atoms with van der Waals surface area (Å²) in [6, 6.07) is 6.85. The number of anilines is 2. The third-order valence-electron chi connectivity index (χ3n) is 3.37. The van der Waals surface area contributed by atoms with Crippen LogP contribution in [-0.2, 0) is 14.8 Å². The lowest BCUT2D eigenvalue weighted by Gasteiger charge is -2.17. The van der Waals surface area contributed by atoms with Crippen molar-refractivity contribution < 1.29 is 13.2 Å². The van der Waals surface area contributed by atoms with E-state index in [4.69, 9.17) is 5.73 Å². The molecule has 1 atom stereocenters. The molecule has 0 bridgehead atoms. The molecule has 6 nitrogen and oxygen atoms in total. The fourth-order valence-corrected chi connectivity index (χ4v) is 3.79. The van der Waals surface area contributed by atoms with Crippen molar-refractivity contribution in [3.8, 4) is 0 Å². The zero-order valence-corrected chi connectivity index (χ0v) is 14.1. The number of nitrogens with zero attached hydrogens (tertiary/aromatic N) is 1. The number of benzene rings is 1. The van der Waals surface area contributed by atoms with Gasteiger partial charge in [0.05, 0.1) is 11.4 Å². The fourth-order valence-electron chi connectivity index (χ4n) is 2.22. The maximum absolute atomic E-state index is 11.8. The van der Waals surface area contributed by atoms with Crippen molar-refractivity contribution >= 4 is 39.7 Å². The molecule has 0 aromatic heterocycles. The lowest BCUT2D eigenvalue weighted by Crippen LogP contribution is -2.25. The van der Waals surface area contributed by atoms with E-state index in [0.717, 1.165) is 0 Å². The first-order valence-electron chi connectivity index (χ1n) is 7.04. The van der Waals surface area contributed by atoms with Crippen molar-refractivity contribution in [1.29, 1.82) is 0 Å². The summed E-state index contributed by atoms with van der Waals surface area (Å²) in [6.07, 6.45) is 1.66. The standard InChI is InChI=1S/C14H21N3O3S.ClH/c1-11(15)3-8-14(18)16-12-4-6-13(7-5-12)17-9-2-10-21(17,19)20;/h4-7,11H,2-3,8-10,15H2,1H3,(H,16,18);1H. The van der Waals surface area contributed by atoms with E-state index < -0.39 is 10.0 Å². The third kappa shape index (κ3) is 4.86. The molecule has 1 heterocycles. The summed E-state index contributed by atoms with van der Waals surface area (Å²) in [5, 5.41) is 2.77. The molecule has 3 N–H and O–H groups in total. The smallest absolute Gasteiger partial charge is 0.235 e. The third-order valence-corrected chi connectivity index (χ3v) is 5.23. The van der Waals surface area contributed by atoms with Gasteiger partial charge in [-0.15, -0.1) is 12.4 Å². The summed E-state index contributed by atoms with van der Waals surface area (Å²) >= 11 is 0. The normalized spacial score (nSPS) is 17.6. The lowest BCUT2D eigenvalue weighted by molar-refractivity contribution is -0.116. The van der Waals surface area contributed by atoms with Crippen LogP contribution in [-0.4, -0.2) is 32.7 Å². The lowest BCUT2D eigenvalue weighted by atomic mass is 10.2. The Balaban J connectivity index is 0.00000242. The van der Waals surface area contributed by atoms with Gasteiger partial charge in [-0.05, 0) is 44.0 Å². The Morgan fingerprint density at radius 2 is 2.00 bits per heavy atom. The Labute approximate surface area is 137 Å². The molecule has 1 aliphatic heterocycles. The van der Waals surface area contributed by atoms with E-state index in [1.807, 2.05) is 6.92 Å². The van der Waals surface area contributed by atoms with Gasteiger partial charge in [0.1, 0.15) is 0 Å². The predicted octanol–water partition coefficient (Wildman–Crippen LogP) is 1.71. The highest BCUT2D eigenvalue weighted by Gasteiger charge is 2.28. The van der Waals surface area contributed by atoms with Gasteiger partial charge in [0.25, 0.3) is 0 Å². The summed E-state index contributed by atoms with van der Waals surface area (Å²) in [4.78, 5) is 11.7. The van der Waals surface area contributed by atoms with Gasteiger partial charge in [-0.2, -0.15) is 0 Å². The molecule has 0 saturated carbocycles. The highest BCUT2D eigenvalue weighted by Crippen LogP contribution is 2.25. The van der Waals surface area contributed by atoms with Crippen molar-refractivity contribution in [3.05, 3.63) is 24.3 Å². The molecular weight excluding hydrogens is 326 g/mol. The average Bonchev–Trinajstić information content (AvgIpc) is 2.77. The first-order chi connectivity index (χ1) is 9.88. The predicted molar refractivity (Wildman–Crippen MR) is 91.0 cm³/mol. The van der Waals surface area contributed by atoms with Crippen LogP contribution in [0.2, 0.25) is 0 Å². The van der Waals surface area contributed by atoms with Gasteiger partial charge < -0.3 is 11.1 Å². The monoisotopic (exact) mass is 347 g/mol. The van der Waals surface area contributed by atoms with Crippen LogP contribution in [0.25, 0.3) is 0 Å². The number of nitrogens with one attached hydrogen (secondary N) is 1. The van der Waals surface area contributed by atoms with Crippen molar-refractivity contribution in [1.82, 2.24) is 0 Å². The number of amides is 1. The second-order valence-electron chi connectivity index (χ2n) is 5.35. The molecule has 1 amide bonds. The molecule has 1 saturated heterocycles. The zero-order chi connectivity index (χ0) is 15.5.